The molecule has 0 spiro atoms. The van der Waals surface area contributed by atoms with Gasteiger partial charge in [0.05, 0.1) is 12.2 Å². The zero-order valence-corrected chi connectivity index (χ0v) is 15.3. The van der Waals surface area contributed by atoms with Gasteiger partial charge in [0.15, 0.2) is 17.6 Å². The number of amides is 1. The maximum Gasteiger partial charge on any atom is 0.222 e. The van der Waals surface area contributed by atoms with Crippen LogP contribution in [0.2, 0.25) is 0 Å². The highest BCUT2D eigenvalue weighted by molar-refractivity contribution is 5.76. The molecule has 1 atom stereocenters. The van der Waals surface area contributed by atoms with Gasteiger partial charge in [-0.25, -0.2) is 0 Å². The number of rotatable bonds is 5. The normalized spacial score (nSPS) is 15.9. The van der Waals surface area contributed by atoms with E-state index in [1.165, 1.54) is 0 Å². The summed E-state index contributed by atoms with van der Waals surface area (Å²) in [6.07, 6.45) is 1.03. The third kappa shape index (κ3) is 3.78. The molecule has 134 valence electrons. The molecule has 1 aliphatic heterocycles. The molecule has 0 aliphatic carbocycles. The van der Waals surface area contributed by atoms with Crippen LogP contribution in [0.3, 0.4) is 0 Å². The molecule has 1 aromatic carbocycles. The minimum Gasteiger partial charge on any atom is -0.486 e. The summed E-state index contributed by atoms with van der Waals surface area (Å²) in [4.78, 5) is 14.2. The van der Waals surface area contributed by atoms with E-state index in [0.29, 0.717) is 26.0 Å². The molecule has 0 fully saturated rings. The summed E-state index contributed by atoms with van der Waals surface area (Å²) in [5.41, 5.74) is 3.28. The zero-order chi connectivity index (χ0) is 18.0. The first-order valence-corrected chi connectivity index (χ1v) is 8.57. The van der Waals surface area contributed by atoms with Crippen LogP contribution in [0, 0.1) is 13.8 Å². The Labute approximate surface area is 148 Å². The predicted octanol–water partition coefficient (Wildman–Crippen LogP) is 2.27. The topological polar surface area (TPSA) is 56.6 Å². The fourth-order valence-corrected chi connectivity index (χ4v) is 3.16. The third-order valence-electron chi connectivity index (χ3n) is 4.72. The fourth-order valence-electron chi connectivity index (χ4n) is 3.16. The van der Waals surface area contributed by atoms with Crippen LogP contribution in [0.4, 0.5) is 0 Å². The number of aromatic nitrogens is 2. The Kier molecular flexibility index (Phi) is 4.97. The van der Waals surface area contributed by atoms with Gasteiger partial charge in [-0.05, 0) is 38.0 Å². The van der Waals surface area contributed by atoms with Crippen molar-refractivity contribution in [2.24, 2.45) is 7.05 Å². The van der Waals surface area contributed by atoms with E-state index in [-0.39, 0.29) is 12.0 Å². The van der Waals surface area contributed by atoms with Crippen LogP contribution < -0.4 is 9.47 Å². The molecular weight excluding hydrogens is 318 g/mol. The quantitative estimate of drug-likeness (QED) is 0.836. The Bertz CT molecular complexity index is 769. The van der Waals surface area contributed by atoms with Gasteiger partial charge < -0.3 is 14.4 Å². The summed E-state index contributed by atoms with van der Waals surface area (Å²) in [6.45, 7) is 4.99. The third-order valence-corrected chi connectivity index (χ3v) is 4.72. The molecule has 0 bridgehead atoms. The molecule has 0 radical (unpaired) electrons. The average molecular weight is 343 g/mol. The van der Waals surface area contributed by atoms with E-state index in [0.717, 1.165) is 28.5 Å². The molecule has 2 aromatic rings. The van der Waals surface area contributed by atoms with Crippen molar-refractivity contribution in [3.63, 3.8) is 0 Å². The maximum absolute atomic E-state index is 12.5. The number of aryl methyl sites for hydroxylation is 2. The molecule has 0 N–H and O–H groups in total. The van der Waals surface area contributed by atoms with Gasteiger partial charge in [0, 0.05) is 26.2 Å². The maximum atomic E-state index is 12.5. The highest BCUT2D eigenvalue weighted by Crippen LogP contribution is 2.31. The van der Waals surface area contributed by atoms with Gasteiger partial charge in [-0.15, -0.1) is 0 Å². The number of fused-ring (bicyclic) bond motifs is 1. The number of nitrogens with zero attached hydrogens (tertiary/aromatic N) is 3. The monoisotopic (exact) mass is 343 g/mol. The van der Waals surface area contributed by atoms with E-state index in [9.17, 15) is 4.79 Å². The Hall–Kier alpha value is -2.50. The second kappa shape index (κ2) is 7.17. The van der Waals surface area contributed by atoms with Gasteiger partial charge in [-0.1, -0.05) is 12.1 Å². The lowest BCUT2D eigenvalue weighted by atomic mass is 10.1. The summed E-state index contributed by atoms with van der Waals surface area (Å²) in [7, 11) is 3.74. The molecule has 2 heterocycles. The summed E-state index contributed by atoms with van der Waals surface area (Å²) in [5, 5.41) is 4.40. The molecule has 1 aromatic heterocycles. The zero-order valence-electron chi connectivity index (χ0n) is 15.3. The van der Waals surface area contributed by atoms with Gasteiger partial charge in [0.1, 0.15) is 6.61 Å². The molecule has 1 aliphatic rings. The van der Waals surface area contributed by atoms with Gasteiger partial charge in [-0.2, -0.15) is 5.10 Å². The molecule has 3 rings (SSSR count). The molecule has 0 saturated carbocycles. The fraction of sp³-hybridized carbons (Fsp3) is 0.474. The van der Waals surface area contributed by atoms with Crippen molar-refractivity contribution in [3.8, 4) is 11.5 Å². The van der Waals surface area contributed by atoms with E-state index in [4.69, 9.17) is 9.47 Å². The van der Waals surface area contributed by atoms with Crippen LogP contribution in [0.1, 0.15) is 23.4 Å². The van der Waals surface area contributed by atoms with Crippen LogP contribution >= 0.6 is 0 Å². The SMILES string of the molecule is Cc1nn(C)c(C)c1CCC(=O)N(C)C[C@H]1COc2ccccc2O1. The summed E-state index contributed by atoms with van der Waals surface area (Å²) in [5.74, 6) is 1.60. The number of carbonyl (C=O) groups excluding carboxylic acids is 1. The highest BCUT2D eigenvalue weighted by atomic mass is 16.6. The van der Waals surface area contributed by atoms with Gasteiger partial charge in [0.25, 0.3) is 0 Å². The Morgan fingerprint density at radius 1 is 1.32 bits per heavy atom. The number of carbonyl (C=O) groups is 1. The van der Waals surface area contributed by atoms with E-state index in [1.807, 2.05) is 56.9 Å². The lowest BCUT2D eigenvalue weighted by Crippen LogP contribution is -2.41. The average Bonchev–Trinajstić information content (AvgIpc) is 2.84. The van der Waals surface area contributed by atoms with E-state index >= 15 is 0 Å². The van der Waals surface area contributed by atoms with Gasteiger partial charge >= 0.3 is 0 Å². The number of ether oxygens (including phenoxy) is 2. The first-order chi connectivity index (χ1) is 12.0. The lowest BCUT2D eigenvalue weighted by molar-refractivity contribution is -0.131. The second-order valence-corrected chi connectivity index (χ2v) is 6.54. The molecule has 1 amide bonds. The second-order valence-electron chi connectivity index (χ2n) is 6.54. The van der Waals surface area contributed by atoms with Crippen molar-refractivity contribution >= 4 is 5.91 Å². The molecule has 25 heavy (non-hydrogen) atoms. The van der Waals surface area contributed by atoms with Crippen LogP contribution in [-0.2, 0) is 18.3 Å². The Morgan fingerprint density at radius 3 is 2.72 bits per heavy atom. The van der Waals surface area contributed by atoms with Crippen molar-refractivity contribution in [1.82, 2.24) is 14.7 Å². The largest absolute Gasteiger partial charge is 0.486 e. The Balaban J connectivity index is 1.53. The summed E-state index contributed by atoms with van der Waals surface area (Å²) in [6, 6.07) is 7.61. The molecule has 0 saturated heterocycles. The first kappa shape index (κ1) is 17.3. The number of hydrogen-bond donors (Lipinski definition) is 0. The van der Waals surface area contributed by atoms with Crippen LogP contribution in [-0.4, -0.2) is 46.9 Å². The summed E-state index contributed by atoms with van der Waals surface area (Å²) < 4.78 is 13.5. The number of hydrogen-bond acceptors (Lipinski definition) is 4. The number of likely N-dealkylation sites (N-methyl/N-ethyl adjacent to an activating group) is 1. The smallest absolute Gasteiger partial charge is 0.222 e. The highest BCUT2D eigenvalue weighted by Gasteiger charge is 2.23. The van der Waals surface area contributed by atoms with Crippen molar-refractivity contribution in [3.05, 3.63) is 41.2 Å². The molecule has 0 unspecified atom stereocenters. The first-order valence-electron chi connectivity index (χ1n) is 8.57. The molecule has 6 nitrogen and oxygen atoms in total. The predicted molar refractivity (Wildman–Crippen MR) is 95.0 cm³/mol. The van der Waals surface area contributed by atoms with E-state index in [1.54, 1.807) is 4.90 Å². The van der Waals surface area contributed by atoms with Gasteiger partial charge in [-0.3, -0.25) is 9.48 Å². The van der Waals surface area contributed by atoms with E-state index in [2.05, 4.69) is 5.10 Å². The number of benzene rings is 1. The lowest BCUT2D eigenvalue weighted by Gasteiger charge is -2.29. The minimum atomic E-state index is -0.147. The van der Waals surface area contributed by atoms with Crippen molar-refractivity contribution in [1.29, 1.82) is 0 Å². The van der Waals surface area contributed by atoms with Gasteiger partial charge in [0.2, 0.25) is 5.91 Å². The Morgan fingerprint density at radius 2 is 2.04 bits per heavy atom. The molecular formula is C19H25N3O3. The van der Waals surface area contributed by atoms with Crippen LogP contribution in [0.15, 0.2) is 24.3 Å². The molecule has 6 heteroatoms. The van der Waals surface area contributed by atoms with Crippen molar-refractivity contribution < 1.29 is 14.3 Å². The van der Waals surface area contributed by atoms with E-state index < -0.39 is 0 Å². The standard InChI is InChI=1S/C19H25N3O3/c1-13-16(14(2)22(4)20-13)9-10-19(23)21(3)11-15-12-24-17-7-5-6-8-18(17)25-15/h5-8,15H,9-12H2,1-4H3/t15-/m0/s1. The minimum absolute atomic E-state index is 0.102. The number of para-hydroxylation sites is 2. The van der Waals surface area contributed by atoms with Crippen LogP contribution in [0.5, 0.6) is 11.5 Å². The summed E-state index contributed by atoms with van der Waals surface area (Å²) >= 11 is 0. The van der Waals surface area contributed by atoms with Crippen molar-refractivity contribution in [2.45, 2.75) is 32.8 Å². The van der Waals surface area contributed by atoms with Crippen molar-refractivity contribution in [2.75, 3.05) is 20.2 Å². The van der Waals surface area contributed by atoms with Crippen LogP contribution in [0.25, 0.3) is 0 Å².